The lowest BCUT2D eigenvalue weighted by Crippen LogP contribution is -1.97. The molecule has 0 aromatic heterocycles. The SMILES string of the molecule is c1cc(OC2CC2)ccc1CC1CO1. The van der Waals surface area contributed by atoms with Crippen molar-refractivity contribution >= 4 is 0 Å². The second-order valence-corrected chi connectivity index (χ2v) is 4.12. The van der Waals surface area contributed by atoms with E-state index in [-0.39, 0.29) is 0 Å². The molecule has 3 rings (SSSR count). The summed E-state index contributed by atoms with van der Waals surface area (Å²) < 4.78 is 10.9. The number of hydrogen-bond acceptors (Lipinski definition) is 2. The predicted molar refractivity (Wildman–Crippen MR) is 53.5 cm³/mol. The third kappa shape index (κ3) is 2.07. The van der Waals surface area contributed by atoms with Gasteiger partial charge in [-0.05, 0) is 30.5 Å². The van der Waals surface area contributed by atoms with Gasteiger partial charge in [-0.15, -0.1) is 0 Å². The zero-order valence-corrected chi connectivity index (χ0v) is 8.11. The Hall–Kier alpha value is -1.02. The van der Waals surface area contributed by atoms with Gasteiger partial charge >= 0.3 is 0 Å². The van der Waals surface area contributed by atoms with Gasteiger partial charge in [-0.3, -0.25) is 0 Å². The second-order valence-electron chi connectivity index (χ2n) is 4.12. The van der Waals surface area contributed by atoms with Gasteiger partial charge in [0.2, 0.25) is 0 Å². The Kier molecular flexibility index (Phi) is 1.95. The predicted octanol–water partition coefficient (Wildman–Crippen LogP) is 2.17. The molecule has 1 saturated carbocycles. The van der Waals surface area contributed by atoms with Crippen LogP contribution in [0.1, 0.15) is 18.4 Å². The van der Waals surface area contributed by atoms with Crippen molar-refractivity contribution in [1.29, 1.82) is 0 Å². The third-order valence-electron chi connectivity index (χ3n) is 2.62. The van der Waals surface area contributed by atoms with Crippen LogP contribution >= 0.6 is 0 Å². The highest BCUT2D eigenvalue weighted by atomic mass is 16.6. The molecule has 1 heterocycles. The molecule has 2 nitrogen and oxygen atoms in total. The summed E-state index contributed by atoms with van der Waals surface area (Å²) in [5, 5.41) is 0. The fraction of sp³-hybridized carbons (Fsp3) is 0.500. The van der Waals surface area contributed by atoms with Crippen molar-refractivity contribution in [2.45, 2.75) is 31.5 Å². The van der Waals surface area contributed by atoms with Crippen molar-refractivity contribution in [3.05, 3.63) is 29.8 Å². The van der Waals surface area contributed by atoms with E-state index in [4.69, 9.17) is 9.47 Å². The van der Waals surface area contributed by atoms with Gasteiger partial charge in [0.05, 0.1) is 18.8 Å². The minimum absolute atomic E-state index is 0.477. The van der Waals surface area contributed by atoms with Crippen LogP contribution in [0.25, 0.3) is 0 Å². The van der Waals surface area contributed by atoms with E-state index < -0.39 is 0 Å². The molecule has 0 bridgehead atoms. The van der Waals surface area contributed by atoms with E-state index in [0.29, 0.717) is 12.2 Å². The van der Waals surface area contributed by atoms with E-state index in [0.717, 1.165) is 18.8 Å². The maximum atomic E-state index is 5.67. The summed E-state index contributed by atoms with van der Waals surface area (Å²) in [5.41, 5.74) is 1.34. The number of epoxide rings is 1. The van der Waals surface area contributed by atoms with Crippen LogP contribution in [-0.2, 0) is 11.2 Å². The minimum Gasteiger partial charge on any atom is -0.490 e. The number of rotatable bonds is 4. The normalized spacial score (nSPS) is 24.7. The highest BCUT2D eigenvalue weighted by Gasteiger charge is 2.24. The zero-order chi connectivity index (χ0) is 9.38. The van der Waals surface area contributed by atoms with E-state index in [9.17, 15) is 0 Å². The van der Waals surface area contributed by atoms with E-state index in [1.807, 2.05) is 0 Å². The molecular weight excluding hydrogens is 176 g/mol. The first-order valence-corrected chi connectivity index (χ1v) is 5.27. The highest BCUT2D eigenvalue weighted by Crippen LogP contribution is 2.27. The third-order valence-corrected chi connectivity index (χ3v) is 2.62. The smallest absolute Gasteiger partial charge is 0.119 e. The van der Waals surface area contributed by atoms with Gasteiger partial charge in [-0.25, -0.2) is 0 Å². The van der Waals surface area contributed by atoms with Crippen molar-refractivity contribution < 1.29 is 9.47 Å². The molecular formula is C12H14O2. The summed E-state index contributed by atoms with van der Waals surface area (Å²) >= 11 is 0. The molecule has 0 spiro atoms. The summed E-state index contributed by atoms with van der Waals surface area (Å²) in [6.07, 6.45) is 4.46. The Labute approximate surface area is 83.8 Å². The van der Waals surface area contributed by atoms with Crippen LogP contribution in [0.2, 0.25) is 0 Å². The Morgan fingerprint density at radius 1 is 1.21 bits per heavy atom. The molecule has 0 amide bonds. The molecule has 14 heavy (non-hydrogen) atoms. The molecule has 2 aliphatic rings. The molecule has 74 valence electrons. The van der Waals surface area contributed by atoms with Crippen LogP contribution in [0.15, 0.2) is 24.3 Å². The van der Waals surface area contributed by atoms with Crippen LogP contribution in [0.3, 0.4) is 0 Å². The highest BCUT2D eigenvalue weighted by molar-refractivity contribution is 5.28. The van der Waals surface area contributed by atoms with Gasteiger partial charge in [0, 0.05) is 6.42 Å². The first kappa shape index (κ1) is 8.30. The zero-order valence-electron chi connectivity index (χ0n) is 8.11. The van der Waals surface area contributed by atoms with Gasteiger partial charge in [-0.1, -0.05) is 12.1 Å². The van der Waals surface area contributed by atoms with Crippen molar-refractivity contribution in [3.8, 4) is 5.75 Å². The average Bonchev–Trinajstić information content (AvgIpc) is 3.02. The molecule has 0 radical (unpaired) electrons. The van der Waals surface area contributed by atoms with E-state index in [1.54, 1.807) is 0 Å². The van der Waals surface area contributed by atoms with Crippen molar-refractivity contribution in [1.82, 2.24) is 0 Å². The van der Waals surface area contributed by atoms with Crippen molar-refractivity contribution in [3.63, 3.8) is 0 Å². The Morgan fingerprint density at radius 3 is 2.50 bits per heavy atom. The van der Waals surface area contributed by atoms with E-state index in [2.05, 4.69) is 24.3 Å². The topological polar surface area (TPSA) is 21.8 Å². The largest absolute Gasteiger partial charge is 0.490 e. The Morgan fingerprint density at radius 2 is 1.93 bits per heavy atom. The van der Waals surface area contributed by atoms with E-state index in [1.165, 1.54) is 18.4 Å². The Balaban J connectivity index is 1.62. The lowest BCUT2D eigenvalue weighted by molar-refractivity contribution is 0.303. The summed E-state index contributed by atoms with van der Waals surface area (Å²) in [7, 11) is 0. The first-order valence-electron chi connectivity index (χ1n) is 5.27. The minimum atomic E-state index is 0.477. The summed E-state index contributed by atoms with van der Waals surface area (Å²) in [5.74, 6) is 1.01. The van der Waals surface area contributed by atoms with Gasteiger partial charge < -0.3 is 9.47 Å². The number of benzene rings is 1. The van der Waals surface area contributed by atoms with Gasteiger partial charge in [0.15, 0.2) is 0 Å². The van der Waals surface area contributed by atoms with Gasteiger partial charge in [0.25, 0.3) is 0 Å². The average molecular weight is 190 g/mol. The van der Waals surface area contributed by atoms with Crippen LogP contribution in [0.5, 0.6) is 5.75 Å². The van der Waals surface area contributed by atoms with Crippen LogP contribution in [0.4, 0.5) is 0 Å². The maximum absolute atomic E-state index is 5.67. The van der Waals surface area contributed by atoms with Crippen LogP contribution in [0, 0.1) is 0 Å². The molecule has 2 fully saturated rings. The molecule has 1 unspecified atom stereocenters. The lowest BCUT2D eigenvalue weighted by atomic mass is 10.1. The molecule has 0 N–H and O–H groups in total. The molecule has 1 atom stereocenters. The second kappa shape index (κ2) is 3.28. The monoisotopic (exact) mass is 190 g/mol. The van der Waals surface area contributed by atoms with Gasteiger partial charge in [-0.2, -0.15) is 0 Å². The van der Waals surface area contributed by atoms with Gasteiger partial charge in [0.1, 0.15) is 5.75 Å². The number of hydrogen-bond donors (Lipinski definition) is 0. The number of ether oxygens (including phenoxy) is 2. The van der Waals surface area contributed by atoms with Crippen molar-refractivity contribution in [2.24, 2.45) is 0 Å². The summed E-state index contributed by atoms with van der Waals surface area (Å²) in [4.78, 5) is 0. The maximum Gasteiger partial charge on any atom is 0.119 e. The summed E-state index contributed by atoms with van der Waals surface area (Å²) in [6, 6.07) is 8.41. The molecule has 1 aromatic carbocycles. The van der Waals surface area contributed by atoms with E-state index >= 15 is 0 Å². The molecule has 1 aliphatic heterocycles. The standard InChI is InChI=1S/C12H14O2/c1-3-10(14-11-5-6-11)4-2-9(1)7-12-8-13-12/h1-4,11-12H,5-8H2. The molecule has 1 aromatic rings. The quantitative estimate of drug-likeness (QED) is 0.679. The molecule has 1 saturated heterocycles. The fourth-order valence-electron chi connectivity index (χ4n) is 1.53. The molecule has 1 aliphatic carbocycles. The molecule has 2 heteroatoms. The first-order chi connectivity index (χ1) is 6.90. The Bertz CT molecular complexity index is 277. The summed E-state index contributed by atoms with van der Waals surface area (Å²) in [6.45, 7) is 0.931. The van der Waals surface area contributed by atoms with Crippen LogP contribution < -0.4 is 4.74 Å². The van der Waals surface area contributed by atoms with Crippen molar-refractivity contribution in [2.75, 3.05) is 6.61 Å². The fourth-order valence-corrected chi connectivity index (χ4v) is 1.53. The lowest BCUT2D eigenvalue weighted by Gasteiger charge is -2.04. The van der Waals surface area contributed by atoms with Crippen LogP contribution in [-0.4, -0.2) is 18.8 Å².